The van der Waals surface area contributed by atoms with Crippen LogP contribution in [0.5, 0.6) is 0 Å². The zero-order chi connectivity index (χ0) is 7.98. The monoisotopic (exact) mass is 154 g/mol. The van der Waals surface area contributed by atoms with Crippen molar-refractivity contribution in [2.45, 2.75) is 19.5 Å². The van der Waals surface area contributed by atoms with E-state index in [9.17, 15) is 13.6 Å². The van der Waals surface area contributed by atoms with E-state index in [-0.39, 0.29) is 19.4 Å². The molecular formula is C5H8F2O3. The highest BCUT2D eigenvalue weighted by Crippen LogP contribution is 1.97. The van der Waals surface area contributed by atoms with Crippen molar-refractivity contribution in [2.24, 2.45) is 0 Å². The van der Waals surface area contributed by atoms with Crippen molar-refractivity contribution < 1.29 is 23.4 Å². The largest absolute Gasteiger partial charge is 0.481 e. The Balaban J connectivity index is 2.98. The summed E-state index contributed by atoms with van der Waals surface area (Å²) >= 11 is 0. The maximum absolute atomic E-state index is 11.2. The summed E-state index contributed by atoms with van der Waals surface area (Å²) in [5.74, 6) is -1.00. The SMILES string of the molecule is O=C(O)CCCOC(F)F. The summed E-state index contributed by atoms with van der Waals surface area (Å²) in [4.78, 5) is 9.80. The number of aliphatic carboxylic acids is 1. The molecule has 0 atom stereocenters. The van der Waals surface area contributed by atoms with Gasteiger partial charge >= 0.3 is 12.6 Å². The molecule has 0 saturated carbocycles. The molecular weight excluding hydrogens is 146 g/mol. The Hall–Kier alpha value is -0.710. The number of hydrogen-bond donors (Lipinski definition) is 1. The minimum Gasteiger partial charge on any atom is -0.481 e. The molecule has 1 N–H and O–H groups in total. The number of ether oxygens (including phenoxy) is 1. The lowest BCUT2D eigenvalue weighted by atomic mass is 10.3. The lowest BCUT2D eigenvalue weighted by Crippen LogP contribution is -2.03. The van der Waals surface area contributed by atoms with Gasteiger partial charge in [-0.1, -0.05) is 0 Å². The van der Waals surface area contributed by atoms with Gasteiger partial charge in [-0.2, -0.15) is 8.78 Å². The normalized spacial score (nSPS) is 10.3. The first-order valence-corrected chi connectivity index (χ1v) is 2.74. The molecule has 10 heavy (non-hydrogen) atoms. The molecule has 0 saturated heterocycles. The van der Waals surface area contributed by atoms with Gasteiger partial charge in [0.05, 0.1) is 6.61 Å². The minimum atomic E-state index is -2.80. The van der Waals surface area contributed by atoms with Gasteiger partial charge < -0.3 is 9.84 Å². The summed E-state index contributed by atoms with van der Waals surface area (Å²) in [6.45, 7) is -3.00. The summed E-state index contributed by atoms with van der Waals surface area (Å²) in [6, 6.07) is 0. The van der Waals surface area contributed by atoms with Gasteiger partial charge in [0.2, 0.25) is 0 Å². The van der Waals surface area contributed by atoms with Crippen molar-refractivity contribution in [3.8, 4) is 0 Å². The van der Waals surface area contributed by atoms with Crippen LogP contribution < -0.4 is 0 Å². The fourth-order valence-corrected chi connectivity index (χ4v) is 0.396. The van der Waals surface area contributed by atoms with Crippen molar-refractivity contribution in [2.75, 3.05) is 6.61 Å². The van der Waals surface area contributed by atoms with Gasteiger partial charge in [0, 0.05) is 6.42 Å². The summed E-state index contributed by atoms with van der Waals surface area (Å²) in [7, 11) is 0. The number of carbonyl (C=O) groups is 1. The van der Waals surface area contributed by atoms with Crippen molar-refractivity contribution >= 4 is 5.97 Å². The van der Waals surface area contributed by atoms with Crippen LogP contribution >= 0.6 is 0 Å². The van der Waals surface area contributed by atoms with Gasteiger partial charge in [0.15, 0.2) is 0 Å². The summed E-state index contributed by atoms with van der Waals surface area (Å²) in [6.07, 6.45) is -0.00755. The van der Waals surface area contributed by atoms with Crippen LogP contribution in [0, 0.1) is 0 Å². The Morgan fingerprint density at radius 3 is 2.60 bits per heavy atom. The first kappa shape index (κ1) is 9.29. The van der Waals surface area contributed by atoms with Gasteiger partial charge in [-0.25, -0.2) is 0 Å². The lowest BCUT2D eigenvalue weighted by molar-refractivity contribution is -0.142. The van der Waals surface area contributed by atoms with Crippen molar-refractivity contribution in [3.05, 3.63) is 0 Å². The second-order valence-electron chi connectivity index (χ2n) is 1.63. The third-order valence-corrected chi connectivity index (χ3v) is 0.779. The highest BCUT2D eigenvalue weighted by Gasteiger charge is 2.01. The van der Waals surface area contributed by atoms with E-state index in [1.807, 2.05) is 0 Å². The van der Waals surface area contributed by atoms with E-state index in [0.717, 1.165) is 0 Å². The van der Waals surface area contributed by atoms with Crippen LogP contribution in [0.1, 0.15) is 12.8 Å². The van der Waals surface area contributed by atoms with Gasteiger partial charge in [-0.15, -0.1) is 0 Å². The molecule has 0 aliphatic carbocycles. The first-order valence-electron chi connectivity index (χ1n) is 2.74. The molecule has 0 unspecified atom stereocenters. The summed E-state index contributed by atoms with van der Waals surface area (Å²) in [5, 5.41) is 8.04. The van der Waals surface area contributed by atoms with E-state index in [1.165, 1.54) is 0 Å². The maximum Gasteiger partial charge on any atom is 0.345 e. The number of carboxylic acid groups (broad SMARTS) is 1. The average molecular weight is 154 g/mol. The molecule has 0 rings (SSSR count). The Bertz CT molecular complexity index is 105. The van der Waals surface area contributed by atoms with Crippen molar-refractivity contribution in [1.29, 1.82) is 0 Å². The quantitative estimate of drug-likeness (QED) is 0.603. The van der Waals surface area contributed by atoms with Crippen LogP contribution in [0.2, 0.25) is 0 Å². The Labute approximate surface area is 56.6 Å². The average Bonchev–Trinajstić information content (AvgIpc) is 1.79. The Morgan fingerprint density at radius 1 is 1.60 bits per heavy atom. The van der Waals surface area contributed by atoms with E-state index >= 15 is 0 Å². The highest BCUT2D eigenvalue weighted by molar-refractivity contribution is 5.66. The predicted octanol–water partition coefficient (Wildman–Crippen LogP) is 1.09. The summed E-state index contributed by atoms with van der Waals surface area (Å²) < 4.78 is 26.2. The molecule has 0 fully saturated rings. The zero-order valence-electron chi connectivity index (χ0n) is 5.22. The maximum atomic E-state index is 11.2. The zero-order valence-corrected chi connectivity index (χ0v) is 5.22. The highest BCUT2D eigenvalue weighted by atomic mass is 19.3. The van der Waals surface area contributed by atoms with Crippen LogP contribution in [0.4, 0.5) is 8.78 Å². The third kappa shape index (κ3) is 7.29. The number of halogens is 2. The van der Waals surface area contributed by atoms with Crippen LogP contribution in [-0.2, 0) is 9.53 Å². The van der Waals surface area contributed by atoms with Crippen LogP contribution in [-0.4, -0.2) is 24.3 Å². The smallest absolute Gasteiger partial charge is 0.345 e. The molecule has 0 aromatic rings. The van der Waals surface area contributed by atoms with E-state index in [4.69, 9.17) is 5.11 Å². The van der Waals surface area contributed by atoms with E-state index < -0.39 is 12.6 Å². The molecule has 0 radical (unpaired) electrons. The van der Waals surface area contributed by atoms with Gasteiger partial charge in [0.25, 0.3) is 0 Å². The fourth-order valence-electron chi connectivity index (χ4n) is 0.396. The molecule has 0 aliphatic rings. The predicted molar refractivity (Wildman–Crippen MR) is 28.8 cm³/mol. The fraction of sp³-hybridized carbons (Fsp3) is 0.800. The molecule has 0 aromatic carbocycles. The van der Waals surface area contributed by atoms with Crippen molar-refractivity contribution in [1.82, 2.24) is 0 Å². The molecule has 0 heterocycles. The van der Waals surface area contributed by atoms with Gasteiger partial charge in [0.1, 0.15) is 0 Å². The summed E-state index contributed by atoms with van der Waals surface area (Å²) in [5.41, 5.74) is 0. The molecule has 0 aromatic heterocycles. The standard InChI is InChI=1S/C5H8F2O3/c6-5(7)10-3-1-2-4(8)9/h5H,1-3H2,(H,8,9). The van der Waals surface area contributed by atoms with Crippen molar-refractivity contribution in [3.63, 3.8) is 0 Å². The van der Waals surface area contributed by atoms with Crippen LogP contribution in [0.25, 0.3) is 0 Å². The molecule has 0 bridgehead atoms. The third-order valence-electron chi connectivity index (χ3n) is 0.779. The second-order valence-corrected chi connectivity index (χ2v) is 1.63. The molecule has 60 valence electrons. The van der Waals surface area contributed by atoms with E-state index in [0.29, 0.717) is 0 Å². The molecule has 3 nitrogen and oxygen atoms in total. The first-order chi connectivity index (χ1) is 4.63. The van der Waals surface area contributed by atoms with Gasteiger partial charge in [-0.3, -0.25) is 4.79 Å². The van der Waals surface area contributed by atoms with Crippen LogP contribution in [0.3, 0.4) is 0 Å². The van der Waals surface area contributed by atoms with E-state index in [1.54, 1.807) is 0 Å². The molecule has 5 heteroatoms. The topological polar surface area (TPSA) is 46.5 Å². The van der Waals surface area contributed by atoms with E-state index in [2.05, 4.69) is 4.74 Å². The molecule has 0 amide bonds. The molecule has 0 aliphatic heterocycles. The number of carboxylic acids is 1. The Kier molecular flexibility index (Phi) is 4.74. The van der Waals surface area contributed by atoms with Crippen LogP contribution in [0.15, 0.2) is 0 Å². The Morgan fingerprint density at radius 2 is 2.20 bits per heavy atom. The number of hydrogen-bond acceptors (Lipinski definition) is 2. The lowest BCUT2D eigenvalue weighted by Gasteiger charge is -1.98. The number of rotatable bonds is 5. The number of alkyl halides is 2. The minimum absolute atomic E-state index is 0.125. The van der Waals surface area contributed by atoms with Gasteiger partial charge in [-0.05, 0) is 6.42 Å². The second kappa shape index (κ2) is 5.10. The molecule has 0 spiro atoms.